The summed E-state index contributed by atoms with van der Waals surface area (Å²) in [6.07, 6.45) is -8.02. The molecule has 33 heavy (non-hydrogen) atoms. The number of hydrogen-bond acceptors (Lipinski definition) is 11. The smallest absolute Gasteiger partial charge is 0.239 e. The highest BCUT2D eigenvalue weighted by atomic mass is 16.7. The van der Waals surface area contributed by atoms with Crippen molar-refractivity contribution in [1.29, 1.82) is 0 Å². The van der Waals surface area contributed by atoms with Crippen molar-refractivity contribution in [2.45, 2.75) is 30.7 Å². The number of benzene rings is 2. The van der Waals surface area contributed by atoms with Crippen molar-refractivity contribution < 1.29 is 49.3 Å². The number of aromatic hydroxyl groups is 2. The molecule has 0 aliphatic carbocycles. The number of phenolic OH excluding ortho intramolecular Hbond substituents is 2. The molecular formula is C22H22O11. The second kappa shape index (κ2) is 8.89. The standard InChI is InChI=1S/C22H22O11/c1-30-12-6-11(25)7-13-15(12)17(27)21(20(31-13)9-2-4-10(24)5-3-9)33-22-19(29)18(28)16(26)14(8-23)32-22/h2-7,14,16,18-19,22-26,28-29H,8H2,1H3/t14-,16+,18?,19?,22+/m1/s1. The molecule has 0 saturated carbocycles. The van der Waals surface area contributed by atoms with E-state index in [1.807, 2.05) is 0 Å². The summed E-state index contributed by atoms with van der Waals surface area (Å²) >= 11 is 0. The van der Waals surface area contributed by atoms with Crippen molar-refractivity contribution in [3.8, 4) is 34.3 Å². The molecule has 0 spiro atoms. The first-order valence-corrected chi connectivity index (χ1v) is 9.89. The van der Waals surface area contributed by atoms with Gasteiger partial charge in [-0.25, -0.2) is 0 Å². The molecule has 0 bridgehead atoms. The lowest BCUT2D eigenvalue weighted by molar-refractivity contribution is -0.277. The van der Waals surface area contributed by atoms with Gasteiger partial charge in [-0.2, -0.15) is 0 Å². The maximum atomic E-state index is 13.5. The Labute approximate surface area is 186 Å². The van der Waals surface area contributed by atoms with E-state index < -0.39 is 48.5 Å². The van der Waals surface area contributed by atoms with Gasteiger partial charge in [0, 0.05) is 17.7 Å². The third-order valence-corrected chi connectivity index (χ3v) is 5.33. The number of fused-ring (bicyclic) bond motifs is 1. The molecular weight excluding hydrogens is 440 g/mol. The van der Waals surface area contributed by atoms with Gasteiger partial charge in [-0.15, -0.1) is 0 Å². The minimum absolute atomic E-state index is 0.00495. The lowest BCUT2D eigenvalue weighted by Crippen LogP contribution is -2.60. The fourth-order valence-corrected chi connectivity index (χ4v) is 3.61. The van der Waals surface area contributed by atoms with E-state index in [0.29, 0.717) is 5.56 Å². The molecule has 11 nitrogen and oxygen atoms in total. The van der Waals surface area contributed by atoms with E-state index in [4.69, 9.17) is 18.6 Å². The third kappa shape index (κ3) is 4.08. The summed E-state index contributed by atoms with van der Waals surface area (Å²) in [4.78, 5) is 13.5. The van der Waals surface area contributed by atoms with Gasteiger partial charge in [0.2, 0.25) is 17.5 Å². The van der Waals surface area contributed by atoms with Crippen LogP contribution in [0, 0.1) is 0 Å². The highest BCUT2D eigenvalue weighted by Crippen LogP contribution is 2.37. The fourth-order valence-electron chi connectivity index (χ4n) is 3.61. The summed E-state index contributed by atoms with van der Waals surface area (Å²) in [5, 5.41) is 59.4. The Kier molecular flexibility index (Phi) is 6.15. The Hall–Kier alpha value is -3.35. The van der Waals surface area contributed by atoms with Gasteiger partial charge in [0.05, 0.1) is 13.7 Å². The molecule has 0 amide bonds. The average Bonchev–Trinajstić information content (AvgIpc) is 2.80. The zero-order valence-corrected chi connectivity index (χ0v) is 17.3. The minimum atomic E-state index is -1.77. The van der Waals surface area contributed by atoms with E-state index in [1.165, 1.54) is 43.5 Å². The summed E-state index contributed by atoms with van der Waals surface area (Å²) in [5.41, 5.74) is -0.470. The predicted octanol–water partition coefficient (Wildman–Crippen LogP) is 0.0585. The number of aliphatic hydroxyl groups excluding tert-OH is 4. The first-order valence-electron chi connectivity index (χ1n) is 9.89. The molecule has 0 radical (unpaired) electrons. The number of rotatable bonds is 5. The highest BCUT2D eigenvalue weighted by Gasteiger charge is 2.45. The molecule has 3 aromatic rings. The number of phenols is 2. The normalized spacial score (nSPS) is 25.2. The van der Waals surface area contributed by atoms with Crippen molar-refractivity contribution in [1.82, 2.24) is 0 Å². The van der Waals surface area contributed by atoms with Crippen LogP contribution in [0.2, 0.25) is 0 Å². The zero-order valence-electron chi connectivity index (χ0n) is 17.3. The summed E-state index contributed by atoms with van der Waals surface area (Å²) in [6, 6.07) is 8.00. The lowest BCUT2D eigenvalue weighted by atomic mass is 9.99. The fraction of sp³-hybridized carbons (Fsp3) is 0.318. The molecule has 11 heteroatoms. The SMILES string of the molecule is COc1cc(O)cc2oc(-c3ccc(O)cc3)c(O[C@@H]3O[C@H](CO)[C@H](O)C(O)C3O)c(=O)c12. The van der Waals surface area contributed by atoms with Crippen molar-refractivity contribution in [2.24, 2.45) is 0 Å². The van der Waals surface area contributed by atoms with Crippen LogP contribution in [-0.2, 0) is 4.74 Å². The van der Waals surface area contributed by atoms with Crippen LogP contribution in [0.15, 0.2) is 45.6 Å². The molecule has 2 aromatic carbocycles. The minimum Gasteiger partial charge on any atom is -0.508 e. The van der Waals surface area contributed by atoms with E-state index >= 15 is 0 Å². The highest BCUT2D eigenvalue weighted by molar-refractivity contribution is 5.88. The van der Waals surface area contributed by atoms with Gasteiger partial charge in [0.25, 0.3) is 0 Å². The van der Waals surface area contributed by atoms with Gasteiger partial charge in [0.15, 0.2) is 5.76 Å². The lowest BCUT2D eigenvalue weighted by Gasteiger charge is -2.39. The molecule has 2 unspecified atom stereocenters. The van der Waals surface area contributed by atoms with Gasteiger partial charge in [0.1, 0.15) is 52.6 Å². The van der Waals surface area contributed by atoms with E-state index in [1.54, 1.807) is 0 Å². The molecule has 4 rings (SSSR count). The maximum absolute atomic E-state index is 13.5. The van der Waals surface area contributed by atoms with E-state index in [9.17, 15) is 35.4 Å². The van der Waals surface area contributed by atoms with E-state index in [-0.39, 0.29) is 34.0 Å². The van der Waals surface area contributed by atoms with Gasteiger partial charge < -0.3 is 49.3 Å². The molecule has 5 atom stereocenters. The van der Waals surface area contributed by atoms with Gasteiger partial charge in [-0.3, -0.25) is 4.79 Å². The largest absolute Gasteiger partial charge is 0.508 e. The number of ether oxygens (including phenoxy) is 3. The zero-order chi connectivity index (χ0) is 23.9. The summed E-state index contributed by atoms with van der Waals surface area (Å²) in [6.45, 7) is -0.685. The summed E-state index contributed by atoms with van der Waals surface area (Å²) in [7, 11) is 1.29. The Bertz CT molecular complexity index is 1200. The van der Waals surface area contributed by atoms with E-state index in [0.717, 1.165) is 0 Å². The van der Waals surface area contributed by atoms with Crippen LogP contribution in [0.5, 0.6) is 23.0 Å². The van der Waals surface area contributed by atoms with E-state index in [2.05, 4.69) is 0 Å². The van der Waals surface area contributed by atoms with Crippen LogP contribution in [0.4, 0.5) is 0 Å². The van der Waals surface area contributed by atoms with Gasteiger partial charge >= 0.3 is 0 Å². The van der Waals surface area contributed by atoms with Crippen molar-refractivity contribution in [3.05, 3.63) is 46.6 Å². The van der Waals surface area contributed by atoms with Crippen LogP contribution < -0.4 is 14.9 Å². The number of aliphatic hydroxyl groups is 4. The Morgan fingerprint density at radius 1 is 0.970 bits per heavy atom. The average molecular weight is 462 g/mol. The Balaban J connectivity index is 1.91. The van der Waals surface area contributed by atoms with Crippen LogP contribution in [0.25, 0.3) is 22.3 Å². The molecule has 2 heterocycles. The first kappa shape index (κ1) is 22.8. The molecule has 1 fully saturated rings. The molecule has 1 aliphatic heterocycles. The Morgan fingerprint density at radius 2 is 1.67 bits per heavy atom. The van der Waals surface area contributed by atoms with Crippen molar-refractivity contribution in [3.63, 3.8) is 0 Å². The summed E-state index contributed by atoms with van der Waals surface area (Å²) in [5.74, 6) is -0.826. The Morgan fingerprint density at radius 3 is 2.30 bits per heavy atom. The second-order valence-electron chi connectivity index (χ2n) is 7.47. The van der Waals surface area contributed by atoms with Gasteiger partial charge in [-0.1, -0.05) is 0 Å². The van der Waals surface area contributed by atoms with Crippen molar-refractivity contribution in [2.75, 3.05) is 13.7 Å². The topological polar surface area (TPSA) is 179 Å². The van der Waals surface area contributed by atoms with Crippen molar-refractivity contribution >= 4 is 11.0 Å². The molecule has 6 N–H and O–H groups in total. The van der Waals surface area contributed by atoms with Crippen LogP contribution in [0.3, 0.4) is 0 Å². The van der Waals surface area contributed by atoms with Crippen LogP contribution >= 0.6 is 0 Å². The maximum Gasteiger partial charge on any atom is 0.239 e. The summed E-state index contributed by atoms with van der Waals surface area (Å²) < 4.78 is 22.1. The molecule has 176 valence electrons. The number of hydrogen-bond donors (Lipinski definition) is 6. The monoisotopic (exact) mass is 462 g/mol. The van der Waals surface area contributed by atoms with Crippen LogP contribution in [-0.4, -0.2) is 75.1 Å². The number of methoxy groups -OCH3 is 1. The molecule has 1 aromatic heterocycles. The third-order valence-electron chi connectivity index (χ3n) is 5.33. The first-order chi connectivity index (χ1) is 15.7. The van der Waals surface area contributed by atoms with Gasteiger partial charge in [-0.05, 0) is 24.3 Å². The second-order valence-corrected chi connectivity index (χ2v) is 7.47. The molecule has 1 aliphatic rings. The molecule has 1 saturated heterocycles. The quantitative estimate of drug-likeness (QED) is 0.302. The predicted molar refractivity (Wildman–Crippen MR) is 112 cm³/mol. The van der Waals surface area contributed by atoms with Crippen LogP contribution in [0.1, 0.15) is 0 Å².